The standard InChI is InChI=1S/C21H18BrNO4S/c1-3-10-27-19-16(22)11-14(12-17(19)26-4-2)13-18-20(24)23(21(25)28-18)15-8-6-5-7-9-15/h3,5-9,11-13H,1,4,10H2,2H3/b18-13-. The van der Waals surface area contributed by atoms with Gasteiger partial charge in [-0.15, -0.1) is 0 Å². The van der Waals surface area contributed by atoms with E-state index in [1.54, 1.807) is 42.5 Å². The van der Waals surface area contributed by atoms with Gasteiger partial charge in [0, 0.05) is 0 Å². The van der Waals surface area contributed by atoms with Crippen LogP contribution in [0.4, 0.5) is 10.5 Å². The monoisotopic (exact) mass is 459 g/mol. The van der Waals surface area contributed by atoms with E-state index in [0.29, 0.717) is 39.8 Å². The fourth-order valence-electron chi connectivity index (χ4n) is 2.64. The summed E-state index contributed by atoms with van der Waals surface area (Å²) in [7, 11) is 0. The first-order valence-corrected chi connectivity index (χ1v) is 10.2. The highest BCUT2D eigenvalue weighted by molar-refractivity contribution is 9.10. The molecule has 1 aliphatic heterocycles. The summed E-state index contributed by atoms with van der Waals surface area (Å²) in [5, 5.41) is -0.322. The number of ether oxygens (including phenoxy) is 2. The zero-order valence-corrected chi connectivity index (χ0v) is 17.6. The number of rotatable bonds is 7. The van der Waals surface area contributed by atoms with E-state index < -0.39 is 0 Å². The minimum atomic E-state index is -0.345. The summed E-state index contributed by atoms with van der Waals surface area (Å²) in [5.41, 5.74) is 1.28. The van der Waals surface area contributed by atoms with Crippen molar-refractivity contribution in [2.24, 2.45) is 0 Å². The van der Waals surface area contributed by atoms with Gasteiger partial charge in [-0.1, -0.05) is 30.9 Å². The van der Waals surface area contributed by atoms with Gasteiger partial charge >= 0.3 is 0 Å². The van der Waals surface area contributed by atoms with Crippen molar-refractivity contribution in [2.75, 3.05) is 18.1 Å². The number of hydrogen-bond acceptors (Lipinski definition) is 5. The molecule has 2 aromatic rings. The molecule has 5 nitrogen and oxygen atoms in total. The first kappa shape index (κ1) is 20.2. The van der Waals surface area contributed by atoms with E-state index in [2.05, 4.69) is 22.5 Å². The van der Waals surface area contributed by atoms with Gasteiger partial charge in [-0.25, -0.2) is 4.90 Å². The number of carbonyl (C=O) groups excluding carboxylic acids is 2. The molecule has 144 valence electrons. The summed E-state index contributed by atoms with van der Waals surface area (Å²) in [6, 6.07) is 12.5. The zero-order valence-electron chi connectivity index (χ0n) is 15.2. The predicted octanol–water partition coefficient (Wildman–Crippen LogP) is 5.65. The topological polar surface area (TPSA) is 55.8 Å². The van der Waals surface area contributed by atoms with Crippen LogP contribution in [0.2, 0.25) is 0 Å². The van der Waals surface area contributed by atoms with Crippen molar-refractivity contribution in [3.05, 3.63) is 70.1 Å². The zero-order chi connectivity index (χ0) is 20.1. The van der Waals surface area contributed by atoms with Gasteiger partial charge in [0.25, 0.3) is 11.1 Å². The van der Waals surface area contributed by atoms with Crippen LogP contribution in [-0.4, -0.2) is 24.4 Å². The van der Waals surface area contributed by atoms with E-state index in [9.17, 15) is 9.59 Å². The molecule has 1 saturated heterocycles. The SMILES string of the molecule is C=CCOc1c(Br)cc(/C=C2\SC(=O)N(c3ccccc3)C2=O)cc1OCC. The molecule has 0 bridgehead atoms. The van der Waals surface area contributed by atoms with Crippen molar-refractivity contribution in [2.45, 2.75) is 6.92 Å². The van der Waals surface area contributed by atoms with Crippen LogP contribution in [0.25, 0.3) is 6.08 Å². The number of halogens is 1. The quantitative estimate of drug-likeness (QED) is 0.395. The number of anilines is 1. The van der Waals surface area contributed by atoms with Gasteiger partial charge in [0.2, 0.25) is 0 Å². The first-order valence-electron chi connectivity index (χ1n) is 8.58. The van der Waals surface area contributed by atoms with Crippen LogP contribution in [0.5, 0.6) is 11.5 Å². The molecule has 0 spiro atoms. The molecule has 1 aliphatic rings. The van der Waals surface area contributed by atoms with Crippen LogP contribution >= 0.6 is 27.7 Å². The van der Waals surface area contributed by atoms with Crippen molar-refractivity contribution in [3.63, 3.8) is 0 Å². The number of thioether (sulfide) groups is 1. The second-order valence-electron chi connectivity index (χ2n) is 5.72. The van der Waals surface area contributed by atoms with Crippen LogP contribution < -0.4 is 14.4 Å². The second-order valence-corrected chi connectivity index (χ2v) is 7.56. The third-order valence-electron chi connectivity index (χ3n) is 3.78. The molecular formula is C21H18BrNO4S. The number of nitrogens with zero attached hydrogens (tertiary/aromatic N) is 1. The molecule has 2 aromatic carbocycles. The third-order valence-corrected chi connectivity index (χ3v) is 5.24. The van der Waals surface area contributed by atoms with Gasteiger partial charge in [-0.2, -0.15) is 0 Å². The molecule has 0 radical (unpaired) electrons. The normalized spacial score (nSPS) is 15.2. The van der Waals surface area contributed by atoms with Gasteiger partial charge in [0.15, 0.2) is 11.5 Å². The Morgan fingerprint density at radius 3 is 2.61 bits per heavy atom. The number of para-hydroxylation sites is 1. The molecule has 7 heteroatoms. The summed E-state index contributed by atoms with van der Waals surface area (Å²) >= 11 is 4.40. The van der Waals surface area contributed by atoms with Crippen molar-refractivity contribution < 1.29 is 19.1 Å². The van der Waals surface area contributed by atoms with E-state index in [4.69, 9.17) is 9.47 Å². The highest BCUT2D eigenvalue weighted by Crippen LogP contribution is 2.40. The Bertz CT molecular complexity index is 943. The van der Waals surface area contributed by atoms with Gasteiger partial charge in [-0.3, -0.25) is 9.59 Å². The van der Waals surface area contributed by atoms with Gasteiger partial charge in [0.05, 0.1) is 21.7 Å². The Morgan fingerprint density at radius 1 is 1.18 bits per heavy atom. The average molecular weight is 460 g/mol. The Labute approximate surface area is 176 Å². The Morgan fingerprint density at radius 2 is 1.93 bits per heavy atom. The maximum absolute atomic E-state index is 12.8. The van der Waals surface area contributed by atoms with Gasteiger partial charge < -0.3 is 9.47 Å². The van der Waals surface area contributed by atoms with Crippen molar-refractivity contribution in [1.29, 1.82) is 0 Å². The minimum absolute atomic E-state index is 0.322. The van der Waals surface area contributed by atoms with E-state index >= 15 is 0 Å². The van der Waals surface area contributed by atoms with Gasteiger partial charge in [-0.05, 0) is 70.5 Å². The molecule has 1 heterocycles. The van der Waals surface area contributed by atoms with E-state index in [1.807, 2.05) is 19.1 Å². The van der Waals surface area contributed by atoms with Crippen LogP contribution in [-0.2, 0) is 4.79 Å². The van der Waals surface area contributed by atoms with Crippen LogP contribution in [0.3, 0.4) is 0 Å². The molecule has 28 heavy (non-hydrogen) atoms. The van der Waals surface area contributed by atoms with E-state index in [0.717, 1.165) is 17.3 Å². The lowest BCUT2D eigenvalue weighted by Gasteiger charge is -2.14. The predicted molar refractivity (Wildman–Crippen MR) is 116 cm³/mol. The van der Waals surface area contributed by atoms with Crippen LogP contribution in [0.1, 0.15) is 12.5 Å². The van der Waals surface area contributed by atoms with Crippen LogP contribution in [0, 0.1) is 0 Å². The highest BCUT2D eigenvalue weighted by Gasteiger charge is 2.36. The van der Waals surface area contributed by atoms with Crippen molar-refractivity contribution in [3.8, 4) is 11.5 Å². The number of amides is 2. The number of carbonyl (C=O) groups is 2. The Hall–Kier alpha value is -2.51. The fraction of sp³-hybridized carbons (Fsp3) is 0.143. The maximum Gasteiger partial charge on any atom is 0.298 e. The molecule has 0 unspecified atom stereocenters. The van der Waals surface area contributed by atoms with E-state index in [1.165, 1.54) is 4.90 Å². The second kappa shape index (κ2) is 9.12. The molecule has 1 fully saturated rings. The summed E-state index contributed by atoms with van der Waals surface area (Å²) in [4.78, 5) is 26.6. The molecule has 0 aliphatic carbocycles. The number of benzene rings is 2. The summed E-state index contributed by atoms with van der Waals surface area (Å²) in [5.74, 6) is 0.769. The van der Waals surface area contributed by atoms with Crippen molar-refractivity contribution >= 4 is 50.6 Å². The Balaban J connectivity index is 1.94. The lowest BCUT2D eigenvalue weighted by Crippen LogP contribution is -2.27. The Kier molecular flexibility index (Phi) is 6.59. The fourth-order valence-corrected chi connectivity index (χ4v) is 4.05. The minimum Gasteiger partial charge on any atom is -0.490 e. The highest BCUT2D eigenvalue weighted by atomic mass is 79.9. The molecule has 0 saturated carbocycles. The van der Waals surface area contributed by atoms with E-state index in [-0.39, 0.29) is 11.1 Å². The van der Waals surface area contributed by atoms with Crippen LogP contribution in [0.15, 0.2) is 64.5 Å². The molecule has 0 aromatic heterocycles. The maximum atomic E-state index is 12.8. The number of hydrogen-bond donors (Lipinski definition) is 0. The van der Waals surface area contributed by atoms with Gasteiger partial charge in [0.1, 0.15) is 6.61 Å². The van der Waals surface area contributed by atoms with Crippen molar-refractivity contribution in [1.82, 2.24) is 0 Å². The largest absolute Gasteiger partial charge is 0.490 e. The molecule has 2 amide bonds. The summed E-state index contributed by atoms with van der Waals surface area (Å²) in [6.07, 6.45) is 3.33. The number of imide groups is 1. The smallest absolute Gasteiger partial charge is 0.298 e. The third kappa shape index (κ3) is 4.31. The molecule has 3 rings (SSSR count). The summed E-state index contributed by atoms with van der Waals surface area (Å²) in [6.45, 7) is 6.33. The first-order chi connectivity index (χ1) is 13.5. The molecular weight excluding hydrogens is 442 g/mol. The summed E-state index contributed by atoms with van der Waals surface area (Å²) < 4.78 is 12.0. The average Bonchev–Trinajstić information content (AvgIpc) is 2.95. The lowest BCUT2D eigenvalue weighted by atomic mass is 10.1. The molecule has 0 N–H and O–H groups in total. The molecule has 0 atom stereocenters. The lowest BCUT2D eigenvalue weighted by molar-refractivity contribution is -0.113.